The highest BCUT2D eigenvalue weighted by Crippen LogP contribution is 2.71. The number of carboxylic acid groups (broad SMARTS) is 1. The number of carbonyl (C=O) groups is 6. The fourth-order valence-electron chi connectivity index (χ4n) is 15.0. The topological polar surface area (TPSA) is 160 Å². The van der Waals surface area contributed by atoms with Gasteiger partial charge in [-0.2, -0.15) is 0 Å². The maximum absolute atomic E-state index is 14.6. The van der Waals surface area contributed by atoms with Gasteiger partial charge in [0.05, 0.1) is 36.0 Å². The average Bonchev–Trinajstić information content (AvgIpc) is 3.98. The summed E-state index contributed by atoms with van der Waals surface area (Å²) in [6, 6.07) is 0. The first-order valence-corrected chi connectivity index (χ1v) is 22.3. The van der Waals surface area contributed by atoms with E-state index in [1.807, 2.05) is 20.8 Å². The molecule has 17 atom stereocenters. The van der Waals surface area contributed by atoms with Crippen LogP contribution in [0.5, 0.6) is 0 Å². The predicted octanol–water partition coefficient (Wildman–Crippen LogP) is 7.41. The molecule has 6 bridgehead atoms. The van der Waals surface area contributed by atoms with Gasteiger partial charge in [-0.1, -0.05) is 53.9 Å². The molecule has 7 aliphatic carbocycles. The smallest absolute Gasteiger partial charge is 0.317 e. The minimum absolute atomic E-state index is 0.00358. The Labute approximate surface area is 337 Å². The molecule has 1 N–H and O–H groups in total. The monoisotopic (exact) mass is 794 g/mol. The second-order valence-electron chi connectivity index (χ2n) is 21.8. The molecule has 1 saturated heterocycles. The first-order valence-electron chi connectivity index (χ1n) is 22.3. The molecule has 8 rings (SSSR count). The van der Waals surface area contributed by atoms with Crippen molar-refractivity contribution in [2.75, 3.05) is 0 Å². The molecule has 11 nitrogen and oxygen atoms in total. The highest BCUT2D eigenvalue weighted by atomic mass is 16.6. The number of fused-ring (bicyclic) bond motifs is 6. The standard InChI is InChI=1S/C46H66O11/c1-21-24-16-26(30(20-32(47)57-44(3,4)5)54-41(51)23-12-10-9-11-13-23)27(17-24)33(21)35-28-19-29(36(35)34-22(2)40(50)56-42(34)52)38(37(28)39(48)49)43(53)55-31-18-25-14-15-46(31,8)45(25,6)7/h21-31,33-38H,9-20H2,1-8H3,(H,48,49). The van der Waals surface area contributed by atoms with Gasteiger partial charge in [-0.25, -0.2) is 0 Å². The molecule has 11 heteroatoms. The summed E-state index contributed by atoms with van der Waals surface area (Å²) in [4.78, 5) is 82.0. The van der Waals surface area contributed by atoms with Crippen molar-refractivity contribution >= 4 is 35.8 Å². The van der Waals surface area contributed by atoms with Crippen LogP contribution in [-0.4, -0.2) is 58.7 Å². The summed E-state index contributed by atoms with van der Waals surface area (Å²) >= 11 is 0. The van der Waals surface area contributed by atoms with Crippen molar-refractivity contribution in [1.29, 1.82) is 0 Å². The zero-order valence-corrected chi connectivity index (χ0v) is 35.3. The maximum Gasteiger partial charge on any atom is 0.317 e. The molecule has 0 aromatic carbocycles. The molecule has 0 radical (unpaired) electrons. The Bertz CT molecular complexity index is 1670. The molecule has 0 spiro atoms. The first kappa shape index (κ1) is 40.8. The van der Waals surface area contributed by atoms with Gasteiger partial charge >= 0.3 is 35.8 Å². The van der Waals surface area contributed by atoms with Crippen LogP contribution in [-0.2, 0) is 47.7 Å². The van der Waals surface area contributed by atoms with E-state index in [0.717, 1.165) is 64.2 Å². The molecule has 316 valence electrons. The van der Waals surface area contributed by atoms with Crippen LogP contribution in [0.15, 0.2) is 0 Å². The van der Waals surface area contributed by atoms with E-state index in [1.54, 1.807) is 6.92 Å². The number of carbonyl (C=O) groups excluding carboxylic acids is 5. The van der Waals surface area contributed by atoms with E-state index in [9.17, 15) is 33.9 Å². The Hall–Kier alpha value is -2.98. The van der Waals surface area contributed by atoms with E-state index in [1.165, 1.54) is 0 Å². The first-order chi connectivity index (χ1) is 26.7. The van der Waals surface area contributed by atoms with Gasteiger partial charge in [0.1, 0.15) is 17.8 Å². The van der Waals surface area contributed by atoms with Crippen molar-refractivity contribution in [3.63, 3.8) is 0 Å². The van der Waals surface area contributed by atoms with E-state index < -0.39 is 83.0 Å². The number of hydrogen-bond donors (Lipinski definition) is 1. The van der Waals surface area contributed by atoms with Gasteiger partial charge < -0.3 is 24.1 Å². The molecule has 0 aromatic rings. The lowest BCUT2D eigenvalue weighted by molar-refractivity contribution is -0.177. The number of carboxylic acids is 1. The summed E-state index contributed by atoms with van der Waals surface area (Å²) in [6.45, 7) is 16.1. The molecule has 1 aliphatic heterocycles. The second kappa shape index (κ2) is 14.3. The molecule has 57 heavy (non-hydrogen) atoms. The van der Waals surface area contributed by atoms with Crippen LogP contribution in [0.25, 0.3) is 0 Å². The van der Waals surface area contributed by atoms with E-state index >= 15 is 0 Å². The van der Waals surface area contributed by atoms with Crippen LogP contribution < -0.4 is 0 Å². The molecule has 8 aliphatic rings. The van der Waals surface area contributed by atoms with Gasteiger partial charge in [-0.05, 0) is 137 Å². The van der Waals surface area contributed by atoms with Crippen molar-refractivity contribution in [3.8, 4) is 0 Å². The maximum atomic E-state index is 14.6. The lowest BCUT2D eigenvalue weighted by Crippen LogP contribution is -2.52. The lowest BCUT2D eigenvalue weighted by Gasteiger charge is -2.49. The summed E-state index contributed by atoms with van der Waals surface area (Å²) in [6.07, 6.45) is 8.39. The number of rotatable bonds is 10. The largest absolute Gasteiger partial charge is 0.481 e. The Balaban J connectivity index is 1.12. The Morgan fingerprint density at radius 1 is 0.825 bits per heavy atom. The molecule has 8 fully saturated rings. The van der Waals surface area contributed by atoms with E-state index in [4.69, 9.17) is 18.9 Å². The minimum atomic E-state index is -1.03. The zero-order chi connectivity index (χ0) is 41.1. The van der Waals surface area contributed by atoms with Crippen LogP contribution in [0.1, 0.15) is 132 Å². The number of cyclic esters (lactones) is 2. The van der Waals surface area contributed by atoms with Crippen LogP contribution in [0, 0.1) is 99.6 Å². The van der Waals surface area contributed by atoms with Crippen LogP contribution in [0.2, 0.25) is 0 Å². The minimum Gasteiger partial charge on any atom is -0.481 e. The van der Waals surface area contributed by atoms with Crippen LogP contribution in [0.3, 0.4) is 0 Å². The SMILES string of the molecule is CC1C(=O)OC(=O)C1C1C2CC(C(C(=O)O)C2C(=O)OC2CC3CCC2(C)C3(C)C)C1C1C(C)C2CC(C(CC(=O)OC(C)(C)C)OC(=O)C3CCCCC3)C1C2. The van der Waals surface area contributed by atoms with Gasteiger partial charge in [0.2, 0.25) is 0 Å². The van der Waals surface area contributed by atoms with Crippen molar-refractivity contribution in [2.24, 2.45) is 99.6 Å². The van der Waals surface area contributed by atoms with E-state index in [0.29, 0.717) is 12.3 Å². The summed E-state index contributed by atoms with van der Waals surface area (Å²) in [5, 5.41) is 11.0. The third-order valence-corrected chi connectivity index (χ3v) is 18.1. The Morgan fingerprint density at radius 3 is 2.07 bits per heavy atom. The van der Waals surface area contributed by atoms with Crippen molar-refractivity contribution in [2.45, 2.75) is 150 Å². The second-order valence-corrected chi connectivity index (χ2v) is 21.8. The van der Waals surface area contributed by atoms with Crippen molar-refractivity contribution in [1.82, 2.24) is 0 Å². The van der Waals surface area contributed by atoms with E-state index in [-0.39, 0.29) is 70.7 Å². The number of esters is 5. The summed E-state index contributed by atoms with van der Waals surface area (Å²) in [7, 11) is 0. The highest BCUT2D eigenvalue weighted by molar-refractivity contribution is 5.96. The van der Waals surface area contributed by atoms with Gasteiger partial charge in [0.15, 0.2) is 0 Å². The van der Waals surface area contributed by atoms with Crippen molar-refractivity contribution < 1.29 is 52.8 Å². The predicted molar refractivity (Wildman–Crippen MR) is 205 cm³/mol. The third kappa shape index (κ3) is 6.56. The molecule has 1 heterocycles. The van der Waals surface area contributed by atoms with Gasteiger partial charge in [-0.15, -0.1) is 0 Å². The normalized spacial score (nSPS) is 44.9. The Kier molecular flexibility index (Phi) is 10.3. The molecule has 0 amide bonds. The molecule has 0 aromatic heterocycles. The average molecular weight is 795 g/mol. The summed E-state index contributed by atoms with van der Waals surface area (Å²) in [5.74, 6) is -8.01. The lowest BCUT2D eigenvalue weighted by atomic mass is 9.54. The highest BCUT2D eigenvalue weighted by Gasteiger charge is 2.72. The van der Waals surface area contributed by atoms with E-state index in [2.05, 4.69) is 27.7 Å². The van der Waals surface area contributed by atoms with Crippen LogP contribution >= 0.6 is 0 Å². The van der Waals surface area contributed by atoms with Crippen molar-refractivity contribution in [3.05, 3.63) is 0 Å². The Morgan fingerprint density at radius 2 is 1.51 bits per heavy atom. The van der Waals surface area contributed by atoms with Gasteiger partial charge in [-0.3, -0.25) is 28.8 Å². The number of hydrogen-bond acceptors (Lipinski definition) is 10. The molecular weight excluding hydrogens is 728 g/mol. The fraction of sp³-hybridized carbons (Fsp3) is 0.870. The summed E-state index contributed by atoms with van der Waals surface area (Å²) < 4.78 is 23.9. The molecular formula is C46H66O11. The quantitative estimate of drug-likeness (QED) is 0.133. The fourth-order valence-corrected chi connectivity index (χ4v) is 15.0. The van der Waals surface area contributed by atoms with Gasteiger partial charge in [0, 0.05) is 5.41 Å². The third-order valence-electron chi connectivity index (χ3n) is 18.1. The summed E-state index contributed by atoms with van der Waals surface area (Å²) in [5.41, 5.74) is -0.919. The van der Waals surface area contributed by atoms with Crippen LogP contribution in [0.4, 0.5) is 0 Å². The zero-order valence-electron chi connectivity index (χ0n) is 35.3. The number of ether oxygens (including phenoxy) is 4. The molecule has 7 saturated carbocycles. The molecule has 17 unspecified atom stereocenters. The number of aliphatic carboxylic acids is 1. The van der Waals surface area contributed by atoms with Gasteiger partial charge in [0.25, 0.3) is 0 Å².